The van der Waals surface area contributed by atoms with Crippen LogP contribution < -0.4 is 4.74 Å². The van der Waals surface area contributed by atoms with E-state index < -0.39 is 11.6 Å². The van der Waals surface area contributed by atoms with Gasteiger partial charge in [0.25, 0.3) is 0 Å². The lowest BCUT2D eigenvalue weighted by atomic mass is 10.2. The van der Waals surface area contributed by atoms with Gasteiger partial charge < -0.3 is 4.74 Å². The molecule has 0 atom stereocenters. The Bertz CT molecular complexity index is 859. The minimum Gasteiger partial charge on any atom is -0.436 e. The van der Waals surface area contributed by atoms with Crippen LogP contribution in [0.2, 0.25) is 0 Å². The summed E-state index contributed by atoms with van der Waals surface area (Å²) in [5.74, 6) is -0.525. The molecule has 1 heterocycles. The average Bonchev–Trinajstić information content (AvgIpc) is 2.63. The highest BCUT2D eigenvalue weighted by Gasteiger charge is 2.10. The molecule has 0 aliphatic carbocycles. The van der Waals surface area contributed by atoms with Crippen molar-refractivity contribution in [3.8, 4) is 11.6 Å². The van der Waals surface area contributed by atoms with Crippen molar-refractivity contribution in [1.29, 1.82) is 0 Å². The van der Waals surface area contributed by atoms with E-state index in [1.165, 1.54) is 17.8 Å². The van der Waals surface area contributed by atoms with Crippen molar-refractivity contribution in [3.05, 3.63) is 77.5 Å². The second-order valence-corrected chi connectivity index (χ2v) is 6.23. The van der Waals surface area contributed by atoms with E-state index in [-0.39, 0.29) is 11.6 Å². The van der Waals surface area contributed by atoms with Gasteiger partial charge in [0.15, 0.2) is 16.7 Å². The maximum atomic E-state index is 13.8. The summed E-state index contributed by atoms with van der Waals surface area (Å²) in [5.41, 5.74) is 1.95. The van der Waals surface area contributed by atoms with Crippen molar-refractivity contribution in [2.24, 2.45) is 0 Å². The quantitative estimate of drug-likeness (QED) is 0.436. The maximum absolute atomic E-state index is 13.8. The topological polar surface area (TPSA) is 35.0 Å². The number of ether oxygens (including phenoxy) is 1. The van der Waals surface area contributed by atoms with E-state index in [2.05, 4.69) is 9.97 Å². The molecule has 0 aliphatic heterocycles. The first-order valence-electron chi connectivity index (χ1n) is 7.81. The van der Waals surface area contributed by atoms with Crippen LogP contribution in [0.25, 0.3) is 0 Å². The number of aromatic nitrogens is 2. The summed E-state index contributed by atoms with van der Waals surface area (Å²) in [6.45, 7) is 1.97. The van der Waals surface area contributed by atoms with Crippen LogP contribution in [0.5, 0.6) is 11.6 Å². The zero-order chi connectivity index (χ0) is 17.6. The number of thioether (sulfide) groups is 1. The second kappa shape index (κ2) is 8.07. The van der Waals surface area contributed by atoms with Gasteiger partial charge in [-0.05, 0) is 24.1 Å². The minimum absolute atomic E-state index is 0.0684. The van der Waals surface area contributed by atoms with E-state index in [0.29, 0.717) is 11.6 Å². The largest absolute Gasteiger partial charge is 0.436 e. The molecule has 0 radical (unpaired) electrons. The van der Waals surface area contributed by atoms with E-state index in [4.69, 9.17) is 4.74 Å². The molecule has 6 heteroatoms. The third-order valence-electron chi connectivity index (χ3n) is 3.42. The van der Waals surface area contributed by atoms with Crippen LogP contribution in [0.1, 0.15) is 18.2 Å². The van der Waals surface area contributed by atoms with Gasteiger partial charge in [-0.1, -0.05) is 49.0 Å². The highest BCUT2D eigenvalue weighted by Crippen LogP contribution is 2.27. The van der Waals surface area contributed by atoms with E-state index in [1.807, 2.05) is 37.3 Å². The fraction of sp³-hybridized carbons (Fsp3) is 0.158. The molecule has 0 bridgehead atoms. The molecule has 0 spiro atoms. The molecular weight excluding hydrogens is 342 g/mol. The number of hydrogen-bond acceptors (Lipinski definition) is 4. The molecule has 0 fully saturated rings. The van der Waals surface area contributed by atoms with Gasteiger partial charge in [-0.3, -0.25) is 0 Å². The second-order valence-electron chi connectivity index (χ2n) is 5.28. The summed E-state index contributed by atoms with van der Waals surface area (Å²) in [7, 11) is 0. The monoisotopic (exact) mass is 358 g/mol. The Morgan fingerprint density at radius 3 is 2.52 bits per heavy atom. The number of halogens is 2. The van der Waals surface area contributed by atoms with E-state index in [1.54, 1.807) is 6.07 Å². The standard InChI is InChI=1S/C19H16F2N2OS/c1-2-15-11-18(24-17-9-8-14(20)10-16(17)21)23-19(22-15)25-12-13-6-4-3-5-7-13/h3-11H,2,12H2,1H3. The smallest absolute Gasteiger partial charge is 0.223 e. The van der Waals surface area contributed by atoms with Crippen molar-refractivity contribution in [2.45, 2.75) is 24.3 Å². The van der Waals surface area contributed by atoms with E-state index >= 15 is 0 Å². The van der Waals surface area contributed by atoms with Crippen molar-refractivity contribution < 1.29 is 13.5 Å². The van der Waals surface area contributed by atoms with Gasteiger partial charge >= 0.3 is 0 Å². The molecule has 0 saturated carbocycles. The SMILES string of the molecule is CCc1cc(Oc2ccc(F)cc2F)nc(SCc2ccccc2)n1. The third kappa shape index (κ3) is 4.76. The molecule has 25 heavy (non-hydrogen) atoms. The zero-order valence-corrected chi connectivity index (χ0v) is 14.4. The first kappa shape index (κ1) is 17.4. The normalized spacial score (nSPS) is 10.7. The molecule has 3 rings (SSSR count). The van der Waals surface area contributed by atoms with Crippen LogP contribution in [-0.2, 0) is 12.2 Å². The summed E-state index contributed by atoms with van der Waals surface area (Å²) in [6, 6.07) is 14.8. The van der Waals surface area contributed by atoms with Crippen molar-refractivity contribution in [3.63, 3.8) is 0 Å². The van der Waals surface area contributed by atoms with E-state index in [0.717, 1.165) is 29.1 Å². The third-order valence-corrected chi connectivity index (χ3v) is 4.34. The predicted octanol–water partition coefficient (Wildman–Crippen LogP) is 5.40. The van der Waals surface area contributed by atoms with Gasteiger partial charge in [-0.15, -0.1) is 0 Å². The maximum Gasteiger partial charge on any atom is 0.223 e. The number of hydrogen-bond donors (Lipinski definition) is 0. The van der Waals surface area contributed by atoms with Gasteiger partial charge in [0.2, 0.25) is 5.88 Å². The summed E-state index contributed by atoms with van der Waals surface area (Å²) < 4.78 is 32.3. The molecular formula is C19H16F2N2OS. The Labute approximate surface area is 149 Å². The van der Waals surface area contributed by atoms with Gasteiger partial charge in [0, 0.05) is 23.6 Å². The molecule has 0 unspecified atom stereocenters. The Kier molecular flexibility index (Phi) is 5.60. The minimum atomic E-state index is -0.768. The summed E-state index contributed by atoms with van der Waals surface area (Å²) in [4.78, 5) is 8.79. The average molecular weight is 358 g/mol. The Morgan fingerprint density at radius 1 is 1.00 bits per heavy atom. The van der Waals surface area contributed by atoms with Crippen molar-refractivity contribution in [1.82, 2.24) is 9.97 Å². The van der Waals surface area contributed by atoms with Crippen LogP contribution in [-0.4, -0.2) is 9.97 Å². The van der Waals surface area contributed by atoms with E-state index in [9.17, 15) is 8.78 Å². The molecule has 2 aromatic carbocycles. The summed E-state index contributed by atoms with van der Waals surface area (Å²) >= 11 is 1.48. The molecule has 0 amide bonds. The molecule has 3 aromatic rings. The number of benzene rings is 2. The van der Waals surface area contributed by atoms with Crippen LogP contribution in [0.3, 0.4) is 0 Å². The highest BCUT2D eigenvalue weighted by molar-refractivity contribution is 7.98. The lowest BCUT2D eigenvalue weighted by Gasteiger charge is -2.09. The molecule has 128 valence electrons. The summed E-state index contributed by atoms with van der Waals surface area (Å²) in [5, 5.41) is 0.556. The first-order valence-corrected chi connectivity index (χ1v) is 8.80. The number of nitrogens with zero attached hydrogens (tertiary/aromatic N) is 2. The highest BCUT2D eigenvalue weighted by atomic mass is 32.2. The lowest BCUT2D eigenvalue weighted by molar-refractivity contribution is 0.417. The molecule has 3 nitrogen and oxygen atoms in total. The fourth-order valence-corrected chi connectivity index (χ4v) is 2.96. The molecule has 0 saturated heterocycles. The van der Waals surface area contributed by atoms with Gasteiger partial charge in [0.05, 0.1) is 0 Å². The molecule has 0 aliphatic rings. The Morgan fingerprint density at radius 2 is 1.80 bits per heavy atom. The van der Waals surface area contributed by atoms with Gasteiger partial charge in [0.1, 0.15) is 5.82 Å². The number of aryl methyl sites for hydroxylation is 1. The van der Waals surface area contributed by atoms with Crippen molar-refractivity contribution >= 4 is 11.8 Å². The zero-order valence-electron chi connectivity index (χ0n) is 13.6. The first-order chi connectivity index (χ1) is 12.1. The Hall–Kier alpha value is -2.47. The van der Waals surface area contributed by atoms with Crippen LogP contribution in [0.4, 0.5) is 8.78 Å². The summed E-state index contributed by atoms with van der Waals surface area (Å²) in [6.07, 6.45) is 0.698. The molecule has 1 aromatic heterocycles. The van der Waals surface area contributed by atoms with Crippen molar-refractivity contribution in [2.75, 3.05) is 0 Å². The van der Waals surface area contributed by atoms with Crippen LogP contribution in [0.15, 0.2) is 59.8 Å². The Balaban J connectivity index is 1.79. The van der Waals surface area contributed by atoms with Gasteiger partial charge in [-0.25, -0.2) is 13.8 Å². The fourth-order valence-electron chi connectivity index (χ4n) is 2.14. The predicted molar refractivity (Wildman–Crippen MR) is 93.8 cm³/mol. The lowest BCUT2D eigenvalue weighted by Crippen LogP contribution is -1.98. The molecule has 0 N–H and O–H groups in total. The number of rotatable bonds is 6. The van der Waals surface area contributed by atoms with Crippen LogP contribution >= 0.6 is 11.8 Å². The van der Waals surface area contributed by atoms with Crippen LogP contribution in [0, 0.1) is 11.6 Å². The van der Waals surface area contributed by atoms with Gasteiger partial charge in [-0.2, -0.15) is 4.98 Å².